The maximum Gasteiger partial charge on any atom is 0.135 e. The molecule has 12 rings (SSSR count). The largest absolute Gasteiger partial charge is 0.225 e. The standard InChI is InChI=1S/C42H20N2S8/c1-3-7-21(8-4-1)39-43-41-37(51-39)19-35(49-41)33-17-25-13-27-23(11-29(25)47-33)15-31(45-27)32-16-24-12-30-26(14-28(24)46-32)18-34(48-30)36-20-38-42(50-36)44-40(52-38)22-9-5-2-6-10-22/h1-20H. The summed E-state index contributed by atoms with van der Waals surface area (Å²) in [6.45, 7) is 0. The van der Waals surface area contributed by atoms with Crippen LogP contribution >= 0.6 is 90.7 Å². The van der Waals surface area contributed by atoms with E-state index in [1.165, 1.54) is 90.1 Å². The predicted octanol–water partition coefficient (Wildman–Crippen LogP) is 16.2. The third kappa shape index (κ3) is 5.01. The zero-order chi connectivity index (χ0) is 33.9. The molecule has 0 aliphatic carbocycles. The van der Waals surface area contributed by atoms with Crippen LogP contribution < -0.4 is 0 Å². The molecule has 0 amide bonds. The number of benzene rings is 4. The minimum absolute atomic E-state index is 1.10. The molecule has 4 aromatic carbocycles. The van der Waals surface area contributed by atoms with Crippen molar-refractivity contribution in [2.75, 3.05) is 0 Å². The Balaban J connectivity index is 0.828. The topological polar surface area (TPSA) is 25.8 Å². The SMILES string of the molecule is c1ccc(-c2nc3sc(-c4cc5cc6sc(-c7cc8cc9sc(-c%10cc%11sc(-c%12ccccc%12)nc%11s%10)cc9cc8s7)cc6cc5s4)cc3s2)cc1. The minimum atomic E-state index is 1.10. The number of thiophene rings is 6. The van der Waals surface area contributed by atoms with Crippen molar-refractivity contribution in [2.24, 2.45) is 0 Å². The molecule has 0 saturated heterocycles. The van der Waals surface area contributed by atoms with Gasteiger partial charge in [0.05, 0.1) is 9.40 Å². The van der Waals surface area contributed by atoms with E-state index >= 15 is 0 Å². The summed E-state index contributed by atoms with van der Waals surface area (Å²) in [7, 11) is 0. The van der Waals surface area contributed by atoms with Crippen molar-refractivity contribution in [1.82, 2.24) is 9.97 Å². The summed E-state index contributed by atoms with van der Waals surface area (Å²) in [6.07, 6.45) is 0. The van der Waals surface area contributed by atoms with Gasteiger partial charge in [0.15, 0.2) is 0 Å². The Morgan fingerprint density at radius 2 is 0.615 bits per heavy atom. The van der Waals surface area contributed by atoms with Crippen molar-refractivity contribution in [3.8, 4) is 50.4 Å². The highest BCUT2D eigenvalue weighted by molar-refractivity contribution is 7.33. The van der Waals surface area contributed by atoms with Crippen molar-refractivity contribution in [3.05, 3.63) is 121 Å². The van der Waals surface area contributed by atoms with Gasteiger partial charge in [-0.25, -0.2) is 9.97 Å². The van der Waals surface area contributed by atoms with Gasteiger partial charge in [-0.3, -0.25) is 0 Å². The molecule has 0 bridgehead atoms. The monoisotopic (exact) mass is 808 g/mol. The lowest BCUT2D eigenvalue weighted by Crippen LogP contribution is -1.72. The van der Waals surface area contributed by atoms with Gasteiger partial charge >= 0.3 is 0 Å². The average Bonchev–Trinajstić information content (AvgIpc) is 4.00. The Bertz CT molecular complexity index is 2920. The van der Waals surface area contributed by atoms with E-state index in [9.17, 15) is 0 Å². The first-order chi connectivity index (χ1) is 25.6. The first-order valence-electron chi connectivity index (χ1n) is 16.5. The number of thiazole rings is 2. The van der Waals surface area contributed by atoms with Crippen LogP contribution in [0.25, 0.3) is 110 Å². The second kappa shape index (κ2) is 11.7. The van der Waals surface area contributed by atoms with E-state index in [2.05, 4.69) is 121 Å². The average molecular weight is 809 g/mol. The minimum Gasteiger partial charge on any atom is -0.225 e. The molecule has 246 valence electrons. The molecule has 0 fully saturated rings. The Morgan fingerprint density at radius 1 is 0.288 bits per heavy atom. The highest BCUT2D eigenvalue weighted by atomic mass is 32.1. The first-order valence-corrected chi connectivity index (χ1v) is 23.0. The van der Waals surface area contributed by atoms with Crippen LogP contribution in [0.4, 0.5) is 0 Å². The van der Waals surface area contributed by atoms with E-state index < -0.39 is 0 Å². The lowest BCUT2D eigenvalue weighted by atomic mass is 10.2. The molecule has 0 N–H and O–H groups in total. The van der Waals surface area contributed by atoms with Gasteiger partial charge < -0.3 is 0 Å². The van der Waals surface area contributed by atoms with Gasteiger partial charge in [-0.05, 0) is 82.2 Å². The van der Waals surface area contributed by atoms with Crippen molar-refractivity contribution < 1.29 is 0 Å². The lowest BCUT2D eigenvalue weighted by molar-refractivity contribution is 1.50. The van der Waals surface area contributed by atoms with Gasteiger partial charge in [-0.2, -0.15) is 0 Å². The third-order valence-electron chi connectivity index (χ3n) is 9.26. The molecule has 0 unspecified atom stereocenters. The Labute approximate surface area is 328 Å². The van der Waals surface area contributed by atoms with Crippen LogP contribution in [0.2, 0.25) is 0 Å². The molecular weight excluding hydrogens is 789 g/mol. The van der Waals surface area contributed by atoms with E-state index in [0.29, 0.717) is 0 Å². The zero-order valence-electron chi connectivity index (χ0n) is 26.7. The molecule has 2 nitrogen and oxygen atoms in total. The summed E-state index contributed by atoms with van der Waals surface area (Å²) in [4.78, 5) is 20.1. The van der Waals surface area contributed by atoms with Gasteiger partial charge in [-0.1, -0.05) is 60.7 Å². The Hall–Kier alpha value is -4.10. The van der Waals surface area contributed by atoms with Crippen molar-refractivity contribution in [3.63, 3.8) is 0 Å². The molecule has 10 heteroatoms. The zero-order valence-corrected chi connectivity index (χ0v) is 33.2. The molecule has 8 heterocycles. The van der Waals surface area contributed by atoms with E-state index in [-0.39, 0.29) is 0 Å². The lowest BCUT2D eigenvalue weighted by Gasteiger charge is -1.93. The molecule has 0 radical (unpaired) electrons. The molecule has 0 atom stereocenters. The van der Waals surface area contributed by atoms with Gasteiger partial charge in [0.25, 0.3) is 0 Å². The summed E-state index contributed by atoms with van der Waals surface area (Å²) < 4.78 is 7.90. The Morgan fingerprint density at radius 3 is 0.942 bits per heavy atom. The number of hydrogen-bond donors (Lipinski definition) is 0. The van der Waals surface area contributed by atoms with Gasteiger partial charge in [0, 0.05) is 59.2 Å². The molecule has 8 aromatic heterocycles. The number of rotatable bonds is 5. The maximum absolute atomic E-state index is 4.96. The second-order valence-corrected chi connectivity index (χ2v) is 21.1. The Kier molecular flexibility index (Phi) is 6.83. The predicted molar refractivity (Wildman–Crippen MR) is 237 cm³/mol. The van der Waals surface area contributed by atoms with Crippen LogP contribution in [-0.2, 0) is 0 Å². The van der Waals surface area contributed by atoms with Gasteiger partial charge in [0.1, 0.15) is 19.7 Å². The van der Waals surface area contributed by atoms with Crippen LogP contribution in [0.3, 0.4) is 0 Å². The van der Waals surface area contributed by atoms with E-state index in [1.54, 1.807) is 45.3 Å². The van der Waals surface area contributed by atoms with Crippen LogP contribution in [-0.4, -0.2) is 9.97 Å². The summed E-state index contributed by atoms with van der Waals surface area (Å²) in [5, 5.41) is 7.48. The van der Waals surface area contributed by atoms with E-state index in [1.807, 2.05) is 45.3 Å². The normalized spacial score (nSPS) is 12.2. The first kappa shape index (κ1) is 30.4. The third-order valence-corrected chi connectivity index (χ3v) is 18.7. The fourth-order valence-corrected chi connectivity index (χ4v) is 15.8. The molecule has 0 aliphatic rings. The summed E-state index contributed by atoms with van der Waals surface area (Å²) in [5.74, 6) is 0. The van der Waals surface area contributed by atoms with E-state index in [0.717, 1.165) is 19.7 Å². The fraction of sp³-hybridized carbons (Fsp3) is 0. The molecule has 0 aliphatic heterocycles. The molecule has 52 heavy (non-hydrogen) atoms. The second-order valence-electron chi connectivity index (χ2n) is 12.6. The smallest absolute Gasteiger partial charge is 0.135 e. The van der Waals surface area contributed by atoms with Crippen LogP contribution in [0, 0.1) is 0 Å². The number of aromatic nitrogens is 2. The molecule has 0 spiro atoms. The maximum atomic E-state index is 4.96. The van der Waals surface area contributed by atoms with Crippen LogP contribution in [0.5, 0.6) is 0 Å². The highest BCUT2D eigenvalue weighted by Gasteiger charge is 2.17. The van der Waals surface area contributed by atoms with Crippen LogP contribution in [0.1, 0.15) is 0 Å². The molecule has 0 saturated carbocycles. The summed E-state index contributed by atoms with van der Waals surface area (Å²) in [6, 6.07) is 44.7. The van der Waals surface area contributed by atoms with Crippen molar-refractivity contribution in [2.45, 2.75) is 0 Å². The quantitative estimate of drug-likeness (QED) is 0.173. The summed E-state index contributed by atoms with van der Waals surface area (Å²) in [5.41, 5.74) is 2.38. The van der Waals surface area contributed by atoms with Crippen molar-refractivity contribution in [1.29, 1.82) is 0 Å². The van der Waals surface area contributed by atoms with Crippen molar-refractivity contribution >= 4 is 150 Å². The highest BCUT2D eigenvalue weighted by Crippen LogP contribution is 2.48. The number of hydrogen-bond acceptors (Lipinski definition) is 10. The molecule has 12 aromatic rings. The van der Waals surface area contributed by atoms with Gasteiger partial charge in [0.2, 0.25) is 0 Å². The van der Waals surface area contributed by atoms with Gasteiger partial charge in [-0.15, -0.1) is 90.7 Å². The summed E-state index contributed by atoms with van der Waals surface area (Å²) >= 11 is 14.8. The van der Waals surface area contributed by atoms with Crippen LogP contribution in [0.15, 0.2) is 121 Å². The number of nitrogens with zero attached hydrogens (tertiary/aromatic N) is 2. The van der Waals surface area contributed by atoms with E-state index in [4.69, 9.17) is 9.97 Å². The fourth-order valence-electron chi connectivity index (χ4n) is 6.75. The molecular formula is C42H20N2S8. The number of fused-ring (bicyclic) bond motifs is 6.